The molecule has 198 valence electrons. The van der Waals surface area contributed by atoms with E-state index in [1.807, 2.05) is 13.8 Å². The molecule has 2 amide bonds. The van der Waals surface area contributed by atoms with Crippen LogP contribution in [0, 0.1) is 17.8 Å². The maximum Gasteiger partial charge on any atom is 0.270 e. The molecule has 2 aromatic rings. The van der Waals surface area contributed by atoms with Gasteiger partial charge < -0.3 is 21.1 Å². The third-order valence-electron chi connectivity index (χ3n) is 6.49. The Hall–Kier alpha value is -3.40. The number of aliphatic imine (C=N–C) groups is 1. The lowest BCUT2D eigenvalue weighted by molar-refractivity contribution is -0.124. The van der Waals surface area contributed by atoms with E-state index in [4.69, 9.17) is 22.1 Å². The second-order valence-electron chi connectivity index (χ2n) is 9.91. The number of rotatable bonds is 12. The molecule has 0 bridgehead atoms. The van der Waals surface area contributed by atoms with E-state index in [1.54, 1.807) is 30.3 Å². The molecule has 2 saturated carbocycles. The molecular formula is C26H34ClN7O3. The SMILES string of the molecule is COc1ncc(Cl)cc1Cn1cc(NC(=O)C(NC(=O)C(C=CN)=NC(C)C)C(C2CC2)C2CC2)cn1. The second-order valence-corrected chi connectivity index (χ2v) is 10.3. The Morgan fingerprint density at radius 2 is 1.97 bits per heavy atom. The highest BCUT2D eigenvalue weighted by Gasteiger charge is 2.48. The van der Waals surface area contributed by atoms with Gasteiger partial charge in [-0.1, -0.05) is 11.6 Å². The van der Waals surface area contributed by atoms with Gasteiger partial charge in [0.2, 0.25) is 11.8 Å². The molecule has 2 aliphatic rings. The molecule has 0 radical (unpaired) electrons. The predicted octanol–water partition coefficient (Wildman–Crippen LogP) is 3.17. The lowest BCUT2D eigenvalue weighted by atomic mass is 9.88. The van der Waals surface area contributed by atoms with Crippen LogP contribution in [0.1, 0.15) is 45.1 Å². The summed E-state index contributed by atoms with van der Waals surface area (Å²) in [6.45, 7) is 4.12. The topological polar surface area (TPSA) is 137 Å². The van der Waals surface area contributed by atoms with Crippen molar-refractivity contribution in [1.29, 1.82) is 0 Å². The minimum Gasteiger partial charge on any atom is -0.481 e. The summed E-state index contributed by atoms with van der Waals surface area (Å²) in [5, 5.41) is 10.8. The van der Waals surface area contributed by atoms with Gasteiger partial charge >= 0.3 is 0 Å². The van der Waals surface area contributed by atoms with Crippen LogP contribution in [0.3, 0.4) is 0 Å². The maximum absolute atomic E-state index is 13.6. The number of pyridine rings is 1. The average molecular weight is 528 g/mol. The third kappa shape index (κ3) is 7.09. The zero-order valence-corrected chi connectivity index (χ0v) is 22.1. The van der Waals surface area contributed by atoms with Crippen LogP contribution in [0.25, 0.3) is 0 Å². The summed E-state index contributed by atoms with van der Waals surface area (Å²) in [5.41, 5.74) is 7.04. The Morgan fingerprint density at radius 1 is 1.27 bits per heavy atom. The van der Waals surface area contributed by atoms with Crippen LogP contribution in [0.5, 0.6) is 5.88 Å². The number of hydrogen-bond acceptors (Lipinski definition) is 7. The van der Waals surface area contributed by atoms with Crippen molar-refractivity contribution in [2.75, 3.05) is 12.4 Å². The summed E-state index contributed by atoms with van der Waals surface area (Å²) in [6, 6.07) is 0.989. The van der Waals surface area contributed by atoms with E-state index >= 15 is 0 Å². The summed E-state index contributed by atoms with van der Waals surface area (Å²) >= 11 is 6.09. The fourth-order valence-corrected chi connectivity index (χ4v) is 4.85. The Labute approximate surface area is 221 Å². The number of carbonyl (C=O) groups excluding carboxylic acids is 2. The molecular weight excluding hydrogens is 494 g/mol. The molecule has 37 heavy (non-hydrogen) atoms. The van der Waals surface area contributed by atoms with E-state index in [9.17, 15) is 9.59 Å². The molecule has 0 aliphatic heterocycles. The number of ether oxygens (including phenoxy) is 1. The van der Waals surface area contributed by atoms with Crippen molar-refractivity contribution in [2.24, 2.45) is 28.5 Å². The van der Waals surface area contributed by atoms with Crippen LogP contribution >= 0.6 is 11.6 Å². The average Bonchev–Trinajstić information content (AvgIpc) is 3.79. The lowest BCUT2D eigenvalue weighted by Crippen LogP contribution is -2.51. The van der Waals surface area contributed by atoms with Crippen molar-refractivity contribution in [3.05, 3.63) is 47.5 Å². The number of carbonyl (C=O) groups is 2. The van der Waals surface area contributed by atoms with Crippen LogP contribution in [-0.4, -0.2) is 51.5 Å². The highest BCUT2D eigenvalue weighted by Crippen LogP contribution is 2.50. The molecule has 1 unspecified atom stereocenters. The van der Waals surface area contributed by atoms with E-state index in [0.29, 0.717) is 35.0 Å². The van der Waals surface area contributed by atoms with Gasteiger partial charge in [0.1, 0.15) is 11.8 Å². The van der Waals surface area contributed by atoms with Gasteiger partial charge in [-0.15, -0.1) is 0 Å². The van der Waals surface area contributed by atoms with Crippen LogP contribution in [0.4, 0.5) is 5.69 Å². The van der Waals surface area contributed by atoms with Gasteiger partial charge in [0, 0.05) is 24.0 Å². The summed E-state index contributed by atoms with van der Waals surface area (Å²) in [6.07, 6.45) is 11.9. The number of aromatic nitrogens is 3. The van der Waals surface area contributed by atoms with Gasteiger partial charge in [-0.3, -0.25) is 19.3 Å². The molecule has 0 saturated heterocycles. The first-order chi connectivity index (χ1) is 17.8. The van der Waals surface area contributed by atoms with Crippen LogP contribution in [-0.2, 0) is 16.1 Å². The second kappa shape index (κ2) is 11.8. The van der Waals surface area contributed by atoms with Gasteiger partial charge in [0.15, 0.2) is 0 Å². The summed E-state index contributed by atoms with van der Waals surface area (Å²) in [5.74, 6) is 0.741. The normalized spacial score (nSPS) is 16.9. The number of anilines is 1. The number of halogens is 1. The first-order valence-corrected chi connectivity index (χ1v) is 13.0. The lowest BCUT2D eigenvalue weighted by Gasteiger charge is -2.27. The molecule has 4 rings (SSSR count). The Bertz CT molecular complexity index is 1170. The Kier molecular flexibility index (Phi) is 8.48. The van der Waals surface area contributed by atoms with E-state index in [0.717, 1.165) is 31.2 Å². The van der Waals surface area contributed by atoms with Crippen molar-refractivity contribution in [3.8, 4) is 5.88 Å². The summed E-state index contributed by atoms with van der Waals surface area (Å²) in [7, 11) is 1.54. The van der Waals surface area contributed by atoms with Crippen molar-refractivity contribution < 1.29 is 14.3 Å². The zero-order valence-electron chi connectivity index (χ0n) is 21.4. The van der Waals surface area contributed by atoms with Crippen LogP contribution in [0.15, 0.2) is 41.9 Å². The first-order valence-electron chi connectivity index (χ1n) is 12.6. The number of amides is 2. The predicted molar refractivity (Wildman–Crippen MR) is 143 cm³/mol. The minimum atomic E-state index is -0.684. The van der Waals surface area contributed by atoms with Crippen LogP contribution in [0.2, 0.25) is 5.02 Å². The molecule has 10 nitrogen and oxygen atoms in total. The minimum absolute atomic E-state index is 0.0861. The van der Waals surface area contributed by atoms with Gasteiger partial charge in [-0.25, -0.2) is 4.98 Å². The molecule has 0 spiro atoms. The largest absolute Gasteiger partial charge is 0.481 e. The van der Waals surface area contributed by atoms with Gasteiger partial charge in [-0.05, 0) is 75.6 Å². The smallest absolute Gasteiger partial charge is 0.270 e. The van der Waals surface area contributed by atoms with E-state index in [1.165, 1.54) is 18.5 Å². The molecule has 11 heteroatoms. The van der Waals surface area contributed by atoms with Crippen LogP contribution < -0.4 is 21.1 Å². The Morgan fingerprint density at radius 3 is 2.57 bits per heavy atom. The number of nitrogens with one attached hydrogen (secondary N) is 2. The van der Waals surface area contributed by atoms with Gasteiger partial charge in [0.25, 0.3) is 5.91 Å². The number of nitrogens with two attached hydrogens (primary N) is 1. The highest BCUT2D eigenvalue weighted by atomic mass is 35.5. The molecule has 2 heterocycles. The molecule has 2 aliphatic carbocycles. The van der Waals surface area contributed by atoms with Gasteiger partial charge in [-0.2, -0.15) is 5.10 Å². The van der Waals surface area contributed by atoms with Gasteiger partial charge in [0.05, 0.1) is 30.6 Å². The van der Waals surface area contributed by atoms with E-state index in [2.05, 4.69) is 25.7 Å². The number of methoxy groups -OCH3 is 1. The van der Waals surface area contributed by atoms with Crippen molar-refractivity contribution in [1.82, 2.24) is 20.1 Å². The summed E-state index contributed by atoms with van der Waals surface area (Å²) in [4.78, 5) is 35.3. The Balaban J connectivity index is 1.51. The summed E-state index contributed by atoms with van der Waals surface area (Å²) < 4.78 is 6.98. The molecule has 2 fully saturated rings. The number of nitrogens with zero attached hydrogens (tertiary/aromatic N) is 4. The van der Waals surface area contributed by atoms with Crippen molar-refractivity contribution in [2.45, 2.75) is 58.2 Å². The molecule has 0 aromatic carbocycles. The monoisotopic (exact) mass is 527 g/mol. The quantitative estimate of drug-likeness (QED) is 0.363. The standard InChI is InChI=1S/C26H34ClN7O3/c1-15(2)31-21(8-9-28)24(35)33-23(22(16-4-5-16)17-6-7-17)25(36)32-20-12-30-34(14-20)13-18-10-19(27)11-29-26(18)37-3/h8-12,14-17,22-23H,4-7,13,28H2,1-3H3,(H,32,36)(H,33,35). The highest BCUT2D eigenvalue weighted by molar-refractivity contribution is 6.43. The fraction of sp³-hybridized carbons (Fsp3) is 0.500. The molecule has 1 atom stereocenters. The molecule has 2 aromatic heterocycles. The third-order valence-corrected chi connectivity index (χ3v) is 6.70. The van der Waals surface area contributed by atoms with Crippen molar-refractivity contribution >= 4 is 34.8 Å². The van der Waals surface area contributed by atoms with E-state index < -0.39 is 11.9 Å². The fourth-order valence-electron chi connectivity index (χ4n) is 4.66. The molecule has 4 N–H and O–H groups in total. The van der Waals surface area contributed by atoms with E-state index in [-0.39, 0.29) is 23.6 Å². The number of hydrogen-bond donors (Lipinski definition) is 3. The first kappa shape index (κ1) is 26.7. The van der Waals surface area contributed by atoms with Crippen molar-refractivity contribution in [3.63, 3.8) is 0 Å². The maximum atomic E-state index is 13.6. The zero-order chi connectivity index (χ0) is 26.5.